The fourth-order valence-corrected chi connectivity index (χ4v) is 2.53. The van der Waals surface area contributed by atoms with Gasteiger partial charge in [-0.2, -0.15) is 0 Å². The number of rotatable bonds is 5. The molecule has 0 radical (unpaired) electrons. The van der Waals surface area contributed by atoms with Gasteiger partial charge in [-0.3, -0.25) is 9.59 Å². The van der Waals surface area contributed by atoms with Gasteiger partial charge in [0.25, 0.3) is 0 Å². The largest absolute Gasteiger partial charge is 0.480 e. The second-order valence-corrected chi connectivity index (χ2v) is 5.44. The lowest BCUT2D eigenvalue weighted by Gasteiger charge is -2.21. The van der Waals surface area contributed by atoms with E-state index >= 15 is 0 Å². The number of ketones is 1. The minimum atomic E-state index is -1.06. The monoisotopic (exact) mass is 301 g/mol. The molecule has 0 unspecified atom stereocenters. The number of allylic oxidation sites excluding steroid dienone is 1. The van der Waals surface area contributed by atoms with Gasteiger partial charge in [-0.05, 0) is 24.5 Å². The van der Waals surface area contributed by atoms with Gasteiger partial charge < -0.3 is 10.0 Å². The molecule has 22 heavy (non-hydrogen) atoms. The van der Waals surface area contributed by atoms with Gasteiger partial charge in [-0.1, -0.05) is 30.3 Å². The van der Waals surface area contributed by atoms with Crippen molar-refractivity contribution in [3.63, 3.8) is 0 Å². The first-order valence-corrected chi connectivity index (χ1v) is 7.21. The molecule has 0 spiro atoms. The Bertz CT molecular complexity index is 633. The molecule has 1 aliphatic carbocycles. The van der Waals surface area contributed by atoms with Gasteiger partial charge in [0.1, 0.15) is 6.04 Å². The Hall–Kier alpha value is -2.43. The van der Waals surface area contributed by atoms with E-state index in [9.17, 15) is 14.4 Å². The maximum atomic E-state index is 12.2. The lowest BCUT2D eigenvalue weighted by molar-refractivity contribution is -0.148. The van der Waals surface area contributed by atoms with Crippen LogP contribution in [0.4, 0.5) is 0 Å². The number of carboxylic acids is 1. The maximum Gasteiger partial charge on any atom is 0.326 e. The number of carboxylic acid groups (broad SMARTS) is 1. The van der Waals surface area contributed by atoms with E-state index < -0.39 is 12.0 Å². The van der Waals surface area contributed by atoms with E-state index in [2.05, 4.69) is 0 Å². The number of aliphatic carboxylic acids is 1. The quantitative estimate of drug-likeness (QED) is 0.904. The number of hydrogen-bond acceptors (Lipinski definition) is 3. The molecule has 1 amide bonds. The number of likely N-dealkylation sites (N-methyl/N-ethyl adjacent to an activating group) is 1. The van der Waals surface area contributed by atoms with Crippen LogP contribution in [0.5, 0.6) is 0 Å². The second-order valence-electron chi connectivity index (χ2n) is 5.44. The van der Waals surface area contributed by atoms with E-state index in [0.717, 1.165) is 11.1 Å². The van der Waals surface area contributed by atoms with Crippen LogP contribution in [0.15, 0.2) is 35.9 Å². The van der Waals surface area contributed by atoms with Crippen molar-refractivity contribution in [2.45, 2.75) is 32.2 Å². The third-order valence-electron chi connectivity index (χ3n) is 4.08. The maximum absolute atomic E-state index is 12.2. The molecule has 1 aromatic rings. The molecule has 0 saturated heterocycles. The summed E-state index contributed by atoms with van der Waals surface area (Å²) in [4.78, 5) is 36.4. The van der Waals surface area contributed by atoms with E-state index in [1.54, 1.807) is 0 Å². The fourth-order valence-electron chi connectivity index (χ4n) is 2.53. The average Bonchev–Trinajstić information content (AvgIpc) is 2.87. The summed E-state index contributed by atoms with van der Waals surface area (Å²) in [5.41, 5.74) is 2.36. The van der Waals surface area contributed by atoms with Crippen molar-refractivity contribution in [3.8, 4) is 0 Å². The molecule has 2 rings (SSSR count). The van der Waals surface area contributed by atoms with Gasteiger partial charge in [0.2, 0.25) is 5.91 Å². The molecule has 5 nitrogen and oxygen atoms in total. The Morgan fingerprint density at radius 2 is 1.86 bits per heavy atom. The normalized spacial score (nSPS) is 15.8. The Kier molecular flexibility index (Phi) is 4.75. The molecule has 1 N–H and O–H groups in total. The summed E-state index contributed by atoms with van der Waals surface area (Å²) < 4.78 is 0. The van der Waals surface area contributed by atoms with Gasteiger partial charge >= 0.3 is 5.97 Å². The van der Waals surface area contributed by atoms with E-state index in [4.69, 9.17) is 5.11 Å². The Morgan fingerprint density at radius 1 is 1.23 bits per heavy atom. The first-order chi connectivity index (χ1) is 10.4. The highest BCUT2D eigenvalue weighted by molar-refractivity contribution is 6.10. The van der Waals surface area contributed by atoms with E-state index in [1.165, 1.54) is 18.9 Å². The summed E-state index contributed by atoms with van der Waals surface area (Å²) in [6, 6.07) is 8.61. The fraction of sp³-hybridized carbons (Fsp3) is 0.353. The highest BCUT2D eigenvalue weighted by atomic mass is 16.4. The molecule has 0 saturated carbocycles. The van der Waals surface area contributed by atoms with E-state index in [1.807, 2.05) is 30.3 Å². The summed E-state index contributed by atoms with van der Waals surface area (Å²) in [6.45, 7) is 1.45. The smallest absolute Gasteiger partial charge is 0.326 e. The zero-order chi connectivity index (χ0) is 16.3. The molecule has 1 aromatic carbocycles. The van der Waals surface area contributed by atoms with Crippen molar-refractivity contribution in [3.05, 3.63) is 41.5 Å². The molecular weight excluding hydrogens is 282 g/mol. The van der Waals surface area contributed by atoms with Crippen molar-refractivity contribution < 1.29 is 19.5 Å². The van der Waals surface area contributed by atoms with Crippen LogP contribution < -0.4 is 0 Å². The van der Waals surface area contributed by atoms with E-state index in [0.29, 0.717) is 18.4 Å². The third kappa shape index (κ3) is 3.24. The number of carbonyl (C=O) groups is 3. The second kappa shape index (κ2) is 6.56. The lowest BCUT2D eigenvalue weighted by Crippen LogP contribution is -2.40. The molecule has 0 heterocycles. The number of carbonyl (C=O) groups excluding carboxylic acids is 2. The van der Waals surface area contributed by atoms with Gasteiger partial charge in [-0.25, -0.2) is 4.79 Å². The van der Waals surface area contributed by atoms with Gasteiger partial charge in [0.15, 0.2) is 5.78 Å². The Balaban J connectivity index is 2.24. The van der Waals surface area contributed by atoms with Gasteiger partial charge in [-0.15, -0.1) is 0 Å². The molecule has 5 heteroatoms. The number of Topliss-reactive ketones (excluding diaryl/α,β-unsaturated/α-hetero) is 1. The van der Waals surface area contributed by atoms with Crippen LogP contribution in [0.25, 0.3) is 5.57 Å². The molecule has 0 aliphatic heterocycles. The standard InChI is InChI=1S/C17H19NO4/c1-11(17(21)22)18(2)16(20)10-14-13(8-9-15(14)19)12-6-4-3-5-7-12/h3-7,11H,8-10H2,1-2H3,(H,21,22)/t11-/m0/s1. The average molecular weight is 301 g/mol. The molecule has 0 aromatic heterocycles. The van der Waals surface area contributed by atoms with Crippen molar-refractivity contribution >= 4 is 23.2 Å². The Morgan fingerprint density at radius 3 is 2.45 bits per heavy atom. The number of hydrogen-bond donors (Lipinski definition) is 1. The summed E-state index contributed by atoms with van der Waals surface area (Å²) in [7, 11) is 1.45. The highest BCUT2D eigenvalue weighted by Crippen LogP contribution is 2.33. The molecule has 0 bridgehead atoms. The zero-order valence-corrected chi connectivity index (χ0v) is 12.7. The minimum absolute atomic E-state index is 0.0245. The van der Waals surface area contributed by atoms with Crippen LogP contribution in [0.1, 0.15) is 31.7 Å². The number of nitrogens with zero attached hydrogens (tertiary/aromatic N) is 1. The van der Waals surface area contributed by atoms with Crippen LogP contribution in [-0.2, 0) is 14.4 Å². The first kappa shape index (κ1) is 15.9. The van der Waals surface area contributed by atoms with Crippen LogP contribution in [0.2, 0.25) is 0 Å². The summed E-state index contributed by atoms with van der Waals surface area (Å²) in [5.74, 6) is -1.44. The van der Waals surface area contributed by atoms with Crippen molar-refractivity contribution in [2.24, 2.45) is 0 Å². The minimum Gasteiger partial charge on any atom is -0.480 e. The van der Waals surface area contributed by atoms with Gasteiger partial charge in [0, 0.05) is 19.0 Å². The topological polar surface area (TPSA) is 74.7 Å². The summed E-state index contributed by atoms with van der Waals surface area (Å²) >= 11 is 0. The van der Waals surface area contributed by atoms with E-state index in [-0.39, 0.29) is 18.1 Å². The summed E-state index contributed by atoms with van der Waals surface area (Å²) in [5, 5.41) is 8.97. The first-order valence-electron chi connectivity index (χ1n) is 7.21. The third-order valence-corrected chi connectivity index (χ3v) is 4.08. The van der Waals surface area contributed by atoms with Crippen molar-refractivity contribution in [2.75, 3.05) is 7.05 Å². The Labute approximate surface area is 129 Å². The van der Waals surface area contributed by atoms with Crippen molar-refractivity contribution in [1.29, 1.82) is 0 Å². The molecule has 1 aliphatic rings. The van der Waals surface area contributed by atoms with Crippen LogP contribution in [0, 0.1) is 0 Å². The van der Waals surface area contributed by atoms with Crippen LogP contribution in [0.3, 0.4) is 0 Å². The zero-order valence-electron chi connectivity index (χ0n) is 12.7. The van der Waals surface area contributed by atoms with Gasteiger partial charge in [0.05, 0.1) is 6.42 Å². The SMILES string of the molecule is C[C@@H](C(=O)O)N(C)C(=O)CC1=C(c2ccccc2)CCC1=O. The lowest BCUT2D eigenvalue weighted by atomic mass is 9.99. The van der Waals surface area contributed by atoms with Crippen molar-refractivity contribution in [1.82, 2.24) is 4.90 Å². The highest BCUT2D eigenvalue weighted by Gasteiger charge is 2.29. The molecule has 1 atom stereocenters. The predicted octanol–water partition coefficient (Wildman–Crippen LogP) is 2.12. The molecule has 116 valence electrons. The van der Waals surface area contributed by atoms with Crippen LogP contribution in [-0.4, -0.2) is 40.8 Å². The van der Waals surface area contributed by atoms with Crippen LogP contribution >= 0.6 is 0 Å². The molecular formula is C17H19NO4. The summed E-state index contributed by atoms with van der Waals surface area (Å²) in [6.07, 6.45) is 0.992. The number of amides is 1. The number of benzene rings is 1. The predicted molar refractivity (Wildman–Crippen MR) is 82.1 cm³/mol. The molecule has 0 fully saturated rings.